The van der Waals surface area contributed by atoms with Crippen molar-refractivity contribution in [1.82, 2.24) is 14.5 Å². The van der Waals surface area contributed by atoms with Crippen LogP contribution in [0.3, 0.4) is 0 Å². The lowest BCUT2D eigenvalue weighted by atomic mass is 10.3. The number of hydrogen-bond donors (Lipinski definition) is 1. The highest BCUT2D eigenvalue weighted by atomic mass is 16.1. The first-order valence-corrected chi connectivity index (χ1v) is 7.05. The zero-order valence-corrected chi connectivity index (χ0v) is 12.5. The van der Waals surface area contributed by atoms with Crippen LogP contribution in [-0.4, -0.2) is 40.6 Å². The average Bonchev–Trinajstić information content (AvgIpc) is 2.38. The van der Waals surface area contributed by atoms with Gasteiger partial charge in [0.05, 0.1) is 0 Å². The molecule has 1 aromatic heterocycles. The van der Waals surface area contributed by atoms with Gasteiger partial charge in [-0.2, -0.15) is 0 Å². The molecule has 0 radical (unpaired) electrons. The van der Waals surface area contributed by atoms with E-state index in [4.69, 9.17) is 0 Å². The maximum absolute atomic E-state index is 12.0. The number of nitrogens with one attached hydrogen (secondary N) is 1. The van der Waals surface area contributed by atoms with E-state index in [9.17, 15) is 4.79 Å². The van der Waals surface area contributed by atoms with Crippen LogP contribution in [0.1, 0.15) is 33.6 Å². The van der Waals surface area contributed by atoms with Crippen molar-refractivity contribution < 1.29 is 0 Å². The highest BCUT2D eigenvalue weighted by Gasteiger charge is 2.05. The first-order valence-electron chi connectivity index (χ1n) is 7.05. The Morgan fingerprint density at radius 2 is 2.21 bits per heavy atom. The van der Waals surface area contributed by atoms with Crippen molar-refractivity contribution in [1.29, 1.82) is 0 Å². The van der Waals surface area contributed by atoms with E-state index in [2.05, 4.69) is 43.0 Å². The number of anilines is 1. The minimum absolute atomic E-state index is 0.0263. The molecule has 0 aliphatic carbocycles. The van der Waals surface area contributed by atoms with Gasteiger partial charge in [0, 0.05) is 31.5 Å². The van der Waals surface area contributed by atoms with E-state index in [0.29, 0.717) is 11.9 Å². The van der Waals surface area contributed by atoms with Crippen LogP contribution in [0.15, 0.2) is 17.2 Å². The fraction of sp³-hybridized carbons (Fsp3) is 0.714. The van der Waals surface area contributed by atoms with Gasteiger partial charge in [-0.1, -0.05) is 6.92 Å². The third-order valence-corrected chi connectivity index (χ3v) is 3.24. The van der Waals surface area contributed by atoms with E-state index in [0.717, 1.165) is 32.5 Å². The Kier molecular flexibility index (Phi) is 6.56. The molecule has 0 aliphatic heterocycles. The monoisotopic (exact) mass is 266 g/mol. The van der Waals surface area contributed by atoms with Gasteiger partial charge in [0.1, 0.15) is 0 Å². The average molecular weight is 266 g/mol. The second-order valence-corrected chi connectivity index (χ2v) is 5.13. The zero-order valence-electron chi connectivity index (χ0n) is 12.5. The first kappa shape index (κ1) is 15.7. The third kappa shape index (κ3) is 5.03. The smallest absolute Gasteiger partial charge is 0.293 e. The molecule has 1 aromatic rings. The van der Waals surface area contributed by atoms with E-state index in [1.54, 1.807) is 17.0 Å². The summed E-state index contributed by atoms with van der Waals surface area (Å²) in [7, 11) is 2.11. The van der Waals surface area contributed by atoms with E-state index in [1.807, 2.05) is 0 Å². The lowest BCUT2D eigenvalue weighted by Gasteiger charge is -2.20. The largest absolute Gasteiger partial charge is 0.365 e. The molecule has 1 heterocycles. The molecule has 0 amide bonds. The molecule has 108 valence electrons. The van der Waals surface area contributed by atoms with Gasteiger partial charge < -0.3 is 14.8 Å². The van der Waals surface area contributed by atoms with Crippen molar-refractivity contribution in [2.45, 2.75) is 46.2 Å². The molecule has 19 heavy (non-hydrogen) atoms. The van der Waals surface area contributed by atoms with Crippen molar-refractivity contribution in [2.24, 2.45) is 0 Å². The summed E-state index contributed by atoms with van der Waals surface area (Å²) in [5.74, 6) is 0.461. The van der Waals surface area contributed by atoms with E-state index >= 15 is 0 Å². The summed E-state index contributed by atoms with van der Waals surface area (Å²) in [5.41, 5.74) is -0.0263. The first-order chi connectivity index (χ1) is 9.06. The molecule has 5 nitrogen and oxygen atoms in total. The van der Waals surface area contributed by atoms with E-state index in [-0.39, 0.29) is 5.56 Å². The standard InChI is InChI=1S/C14H26N4O/c1-5-9-18-11-8-16-13(14(18)19)15-7-6-10-17(4)12(2)3/h8,11-12H,5-7,9-10H2,1-4H3,(H,15,16). The second-order valence-electron chi connectivity index (χ2n) is 5.13. The van der Waals surface area contributed by atoms with Crippen molar-refractivity contribution in [2.75, 3.05) is 25.5 Å². The predicted octanol–water partition coefficient (Wildman–Crippen LogP) is 1.80. The van der Waals surface area contributed by atoms with Crippen LogP contribution in [0.25, 0.3) is 0 Å². The summed E-state index contributed by atoms with van der Waals surface area (Å²) in [6.07, 6.45) is 5.37. The summed E-state index contributed by atoms with van der Waals surface area (Å²) in [6.45, 7) is 8.94. The Labute approximate surface area is 115 Å². The van der Waals surface area contributed by atoms with Gasteiger partial charge in [-0.15, -0.1) is 0 Å². The Bertz CT molecular complexity index is 428. The lowest BCUT2D eigenvalue weighted by Crippen LogP contribution is -2.29. The summed E-state index contributed by atoms with van der Waals surface area (Å²) >= 11 is 0. The third-order valence-electron chi connectivity index (χ3n) is 3.24. The summed E-state index contributed by atoms with van der Waals surface area (Å²) < 4.78 is 1.70. The molecular weight excluding hydrogens is 240 g/mol. The molecule has 0 aliphatic rings. The molecule has 0 bridgehead atoms. The Balaban J connectivity index is 2.45. The van der Waals surface area contributed by atoms with Gasteiger partial charge >= 0.3 is 0 Å². The van der Waals surface area contributed by atoms with Crippen molar-refractivity contribution in [3.8, 4) is 0 Å². The quantitative estimate of drug-likeness (QED) is 0.729. The predicted molar refractivity (Wildman–Crippen MR) is 79.7 cm³/mol. The molecule has 0 spiro atoms. The number of aromatic nitrogens is 2. The SMILES string of the molecule is CCCn1ccnc(NCCCN(C)C(C)C)c1=O. The van der Waals surface area contributed by atoms with Crippen LogP contribution < -0.4 is 10.9 Å². The summed E-state index contributed by atoms with van der Waals surface area (Å²) in [4.78, 5) is 18.4. The van der Waals surface area contributed by atoms with Gasteiger partial charge in [0.2, 0.25) is 0 Å². The van der Waals surface area contributed by atoms with Gasteiger partial charge in [-0.3, -0.25) is 4.79 Å². The summed E-state index contributed by atoms with van der Waals surface area (Å²) in [6, 6.07) is 0.552. The van der Waals surface area contributed by atoms with Gasteiger partial charge in [0.15, 0.2) is 5.82 Å². The van der Waals surface area contributed by atoms with Gasteiger partial charge in [-0.25, -0.2) is 4.98 Å². The van der Waals surface area contributed by atoms with Crippen molar-refractivity contribution >= 4 is 5.82 Å². The normalized spacial score (nSPS) is 11.3. The molecule has 0 aromatic carbocycles. The van der Waals surface area contributed by atoms with Crippen LogP contribution in [0.2, 0.25) is 0 Å². The Hall–Kier alpha value is -1.36. The van der Waals surface area contributed by atoms with Gasteiger partial charge in [-0.05, 0) is 40.3 Å². The van der Waals surface area contributed by atoms with Gasteiger partial charge in [0.25, 0.3) is 5.56 Å². The fourth-order valence-electron chi connectivity index (χ4n) is 1.78. The second kappa shape index (κ2) is 7.94. The zero-order chi connectivity index (χ0) is 14.3. The maximum atomic E-state index is 12.0. The van der Waals surface area contributed by atoms with E-state index < -0.39 is 0 Å². The number of aryl methyl sites for hydroxylation is 1. The topological polar surface area (TPSA) is 50.2 Å². The number of rotatable bonds is 8. The Morgan fingerprint density at radius 3 is 2.84 bits per heavy atom. The van der Waals surface area contributed by atoms with Crippen LogP contribution in [0.4, 0.5) is 5.82 Å². The van der Waals surface area contributed by atoms with Crippen LogP contribution in [-0.2, 0) is 6.54 Å². The molecule has 0 atom stereocenters. The maximum Gasteiger partial charge on any atom is 0.293 e. The van der Waals surface area contributed by atoms with Crippen LogP contribution >= 0.6 is 0 Å². The molecule has 1 rings (SSSR count). The fourth-order valence-corrected chi connectivity index (χ4v) is 1.78. The van der Waals surface area contributed by atoms with Crippen LogP contribution in [0.5, 0.6) is 0 Å². The minimum Gasteiger partial charge on any atom is -0.365 e. The number of nitrogens with zero attached hydrogens (tertiary/aromatic N) is 3. The Morgan fingerprint density at radius 1 is 1.47 bits per heavy atom. The molecule has 0 fully saturated rings. The molecular formula is C14H26N4O. The highest BCUT2D eigenvalue weighted by molar-refractivity contribution is 5.30. The van der Waals surface area contributed by atoms with E-state index in [1.165, 1.54) is 0 Å². The molecule has 1 N–H and O–H groups in total. The number of hydrogen-bond acceptors (Lipinski definition) is 4. The minimum atomic E-state index is -0.0263. The van der Waals surface area contributed by atoms with Crippen molar-refractivity contribution in [3.05, 3.63) is 22.7 Å². The van der Waals surface area contributed by atoms with Crippen LogP contribution in [0, 0.1) is 0 Å². The molecule has 5 heteroatoms. The highest BCUT2D eigenvalue weighted by Crippen LogP contribution is 1.97. The van der Waals surface area contributed by atoms with Crippen molar-refractivity contribution in [3.63, 3.8) is 0 Å². The molecule has 0 unspecified atom stereocenters. The molecule has 0 saturated carbocycles. The molecule has 0 saturated heterocycles. The lowest BCUT2D eigenvalue weighted by molar-refractivity contribution is 0.273. The summed E-state index contributed by atoms with van der Waals surface area (Å²) in [5, 5.41) is 3.13.